The summed E-state index contributed by atoms with van der Waals surface area (Å²) in [5.41, 5.74) is 0.877. The number of rotatable bonds is 6. The molecule has 1 aliphatic heterocycles. The van der Waals surface area contributed by atoms with Gasteiger partial charge in [0.2, 0.25) is 0 Å². The molecule has 1 heterocycles. The molecule has 2 rings (SSSR count). The minimum atomic E-state index is -0.303. The van der Waals surface area contributed by atoms with Crippen LogP contribution in [0.15, 0.2) is 18.2 Å². The molecule has 1 aromatic carbocycles. The van der Waals surface area contributed by atoms with Gasteiger partial charge in [-0.1, -0.05) is 18.5 Å². The van der Waals surface area contributed by atoms with Crippen LogP contribution in [0.3, 0.4) is 0 Å². The van der Waals surface area contributed by atoms with Crippen molar-refractivity contribution in [1.82, 2.24) is 10.6 Å². The van der Waals surface area contributed by atoms with Crippen LogP contribution >= 0.6 is 11.6 Å². The highest BCUT2D eigenvalue weighted by molar-refractivity contribution is 6.34. The van der Waals surface area contributed by atoms with E-state index in [1.165, 1.54) is 0 Å². The van der Waals surface area contributed by atoms with Crippen molar-refractivity contribution in [2.24, 2.45) is 5.92 Å². The van der Waals surface area contributed by atoms with Crippen molar-refractivity contribution in [2.75, 3.05) is 31.6 Å². The van der Waals surface area contributed by atoms with E-state index in [0.29, 0.717) is 41.9 Å². The van der Waals surface area contributed by atoms with Crippen molar-refractivity contribution in [3.8, 4) is 0 Å². The number of carbonyl (C=O) groups excluding carboxylic acids is 2. The monoisotopic (exact) mass is 353 g/mol. The summed E-state index contributed by atoms with van der Waals surface area (Å²) < 4.78 is 5.39. The lowest BCUT2D eigenvalue weighted by Crippen LogP contribution is -2.36. The Morgan fingerprint density at radius 2 is 2.17 bits per heavy atom. The molecular weight excluding hydrogens is 330 g/mol. The maximum absolute atomic E-state index is 12.1. The molecule has 0 aromatic heterocycles. The third kappa shape index (κ3) is 5.69. The lowest BCUT2D eigenvalue weighted by Gasteiger charge is -2.22. The summed E-state index contributed by atoms with van der Waals surface area (Å²) in [5.74, 6) is 0.107. The van der Waals surface area contributed by atoms with Crippen molar-refractivity contribution in [1.29, 1.82) is 0 Å². The van der Waals surface area contributed by atoms with Gasteiger partial charge >= 0.3 is 6.03 Å². The molecule has 1 aliphatic rings. The summed E-state index contributed by atoms with van der Waals surface area (Å²) in [6, 6.07) is 4.55. The van der Waals surface area contributed by atoms with Crippen LogP contribution < -0.4 is 16.0 Å². The van der Waals surface area contributed by atoms with Crippen LogP contribution in [-0.4, -0.2) is 38.2 Å². The fourth-order valence-corrected chi connectivity index (χ4v) is 2.69. The van der Waals surface area contributed by atoms with Gasteiger partial charge in [-0.15, -0.1) is 0 Å². The predicted molar refractivity (Wildman–Crippen MR) is 94.6 cm³/mol. The third-order valence-electron chi connectivity index (χ3n) is 3.81. The van der Waals surface area contributed by atoms with Gasteiger partial charge in [0.1, 0.15) is 0 Å². The van der Waals surface area contributed by atoms with Crippen LogP contribution in [0.1, 0.15) is 36.5 Å². The number of urea groups is 1. The van der Waals surface area contributed by atoms with E-state index >= 15 is 0 Å². The van der Waals surface area contributed by atoms with E-state index in [0.717, 1.165) is 25.9 Å². The number of ether oxygens (including phenoxy) is 1. The van der Waals surface area contributed by atoms with Crippen LogP contribution in [0.4, 0.5) is 10.5 Å². The lowest BCUT2D eigenvalue weighted by molar-refractivity contribution is 0.0559. The third-order valence-corrected chi connectivity index (χ3v) is 4.14. The minimum Gasteiger partial charge on any atom is -0.381 e. The second-order valence-electron chi connectivity index (χ2n) is 5.87. The van der Waals surface area contributed by atoms with Crippen LogP contribution in [0.5, 0.6) is 0 Å². The fraction of sp³-hybridized carbons (Fsp3) is 0.529. The minimum absolute atomic E-state index is 0.245. The first-order valence-electron chi connectivity index (χ1n) is 8.30. The average Bonchev–Trinajstić information content (AvgIpc) is 2.60. The maximum Gasteiger partial charge on any atom is 0.319 e. The van der Waals surface area contributed by atoms with Gasteiger partial charge in [0.05, 0.1) is 17.2 Å². The quantitative estimate of drug-likeness (QED) is 0.735. The van der Waals surface area contributed by atoms with Gasteiger partial charge in [0, 0.05) is 25.4 Å². The first-order valence-corrected chi connectivity index (χ1v) is 8.68. The Labute approximate surface area is 147 Å². The molecule has 132 valence electrons. The SMILES string of the molecule is CCCNC(=O)c1cc(NC(=O)NCC2CCCOC2)ccc1Cl. The average molecular weight is 354 g/mol. The largest absolute Gasteiger partial charge is 0.381 e. The number of benzene rings is 1. The molecule has 6 nitrogen and oxygen atoms in total. The Morgan fingerprint density at radius 3 is 2.88 bits per heavy atom. The second-order valence-corrected chi connectivity index (χ2v) is 6.28. The molecule has 0 bridgehead atoms. The summed E-state index contributed by atoms with van der Waals surface area (Å²) in [6.45, 7) is 4.61. The molecular formula is C17H24ClN3O3. The maximum atomic E-state index is 12.1. The van der Waals surface area contributed by atoms with Crippen molar-refractivity contribution in [3.05, 3.63) is 28.8 Å². The zero-order valence-corrected chi connectivity index (χ0v) is 14.6. The standard InChI is InChI=1S/C17H24ClN3O3/c1-2-7-19-16(22)14-9-13(5-6-15(14)18)21-17(23)20-10-12-4-3-8-24-11-12/h5-6,9,12H,2-4,7-8,10-11H2,1H3,(H,19,22)(H2,20,21,23). The van der Waals surface area contributed by atoms with E-state index in [4.69, 9.17) is 16.3 Å². The van der Waals surface area contributed by atoms with E-state index in [1.807, 2.05) is 6.92 Å². The molecule has 24 heavy (non-hydrogen) atoms. The molecule has 1 aromatic rings. The van der Waals surface area contributed by atoms with E-state index in [-0.39, 0.29) is 11.9 Å². The number of amides is 3. The number of nitrogens with one attached hydrogen (secondary N) is 3. The normalized spacial score (nSPS) is 17.2. The molecule has 7 heteroatoms. The second kappa shape index (κ2) is 9.49. The Balaban J connectivity index is 1.89. The highest BCUT2D eigenvalue weighted by atomic mass is 35.5. The first kappa shape index (κ1) is 18.5. The van der Waals surface area contributed by atoms with Crippen LogP contribution in [0.2, 0.25) is 5.02 Å². The number of halogens is 1. The molecule has 0 aliphatic carbocycles. The molecule has 1 atom stereocenters. The molecule has 0 saturated carbocycles. The molecule has 1 saturated heterocycles. The van der Waals surface area contributed by atoms with E-state index < -0.39 is 0 Å². The summed E-state index contributed by atoms with van der Waals surface area (Å²) in [4.78, 5) is 24.1. The molecule has 3 N–H and O–H groups in total. The lowest BCUT2D eigenvalue weighted by atomic mass is 10.0. The number of hydrogen-bond acceptors (Lipinski definition) is 3. The summed E-state index contributed by atoms with van der Waals surface area (Å²) in [6.07, 6.45) is 2.93. The van der Waals surface area contributed by atoms with Gasteiger partial charge in [-0.05, 0) is 43.4 Å². The molecule has 1 fully saturated rings. The number of hydrogen-bond donors (Lipinski definition) is 3. The number of anilines is 1. The zero-order valence-electron chi connectivity index (χ0n) is 13.9. The Morgan fingerprint density at radius 1 is 1.33 bits per heavy atom. The summed E-state index contributed by atoms with van der Waals surface area (Å²) in [5, 5.41) is 8.69. The van der Waals surface area contributed by atoms with Crippen LogP contribution in [0, 0.1) is 5.92 Å². The fourth-order valence-electron chi connectivity index (χ4n) is 2.49. The molecule has 3 amide bonds. The smallest absolute Gasteiger partial charge is 0.319 e. The van der Waals surface area contributed by atoms with E-state index in [1.54, 1.807) is 18.2 Å². The predicted octanol–water partition coefficient (Wildman–Crippen LogP) is 3.03. The topological polar surface area (TPSA) is 79.5 Å². The van der Waals surface area contributed by atoms with Gasteiger partial charge in [0.25, 0.3) is 5.91 Å². The molecule has 1 unspecified atom stereocenters. The zero-order chi connectivity index (χ0) is 17.4. The molecule has 0 spiro atoms. The van der Waals surface area contributed by atoms with Gasteiger partial charge in [-0.25, -0.2) is 4.79 Å². The van der Waals surface area contributed by atoms with Crippen molar-refractivity contribution >= 4 is 29.2 Å². The summed E-state index contributed by atoms with van der Waals surface area (Å²) >= 11 is 6.07. The van der Waals surface area contributed by atoms with Crippen molar-refractivity contribution < 1.29 is 14.3 Å². The Bertz CT molecular complexity index is 574. The van der Waals surface area contributed by atoms with Gasteiger partial charge in [-0.3, -0.25) is 4.79 Å². The van der Waals surface area contributed by atoms with Gasteiger partial charge in [0.15, 0.2) is 0 Å². The van der Waals surface area contributed by atoms with Crippen LogP contribution in [0.25, 0.3) is 0 Å². The molecule has 0 radical (unpaired) electrons. The van der Waals surface area contributed by atoms with Gasteiger partial charge in [-0.2, -0.15) is 0 Å². The number of carbonyl (C=O) groups is 2. The van der Waals surface area contributed by atoms with Crippen molar-refractivity contribution in [2.45, 2.75) is 26.2 Å². The van der Waals surface area contributed by atoms with E-state index in [9.17, 15) is 9.59 Å². The van der Waals surface area contributed by atoms with Gasteiger partial charge < -0.3 is 20.7 Å². The first-order chi connectivity index (χ1) is 11.6. The highest BCUT2D eigenvalue weighted by Gasteiger charge is 2.15. The van der Waals surface area contributed by atoms with Crippen LogP contribution in [-0.2, 0) is 4.74 Å². The Kier molecular flexibility index (Phi) is 7.34. The Hall–Kier alpha value is -1.79. The summed E-state index contributed by atoms with van der Waals surface area (Å²) in [7, 11) is 0. The van der Waals surface area contributed by atoms with Crippen molar-refractivity contribution in [3.63, 3.8) is 0 Å². The van der Waals surface area contributed by atoms with E-state index in [2.05, 4.69) is 16.0 Å². The highest BCUT2D eigenvalue weighted by Crippen LogP contribution is 2.20.